The highest BCUT2D eigenvalue weighted by atomic mass is 16.2. The van der Waals surface area contributed by atoms with Gasteiger partial charge in [-0.15, -0.1) is 0 Å². The first-order chi connectivity index (χ1) is 11.6. The first-order valence-corrected chi connectivity index (χ1v) is 9.46. The summed E-state index contributed by atoms with van der Waals surface area (Å²) in [6.07, 6.45) is 6.52. The van der Waals surface area contributed by atoms with E-state index in [1.165, 1.54) is 18.4 Å². The van der Waals surface area contributed by atoms with E-state index in [1.54, 1.807) is 0 Å². The van der Waals surface area contributed by atoms with Gasteiger partial charge in [0.1, 0.15) is 5.78 Å². The predicted molar refractivity (Wildman–Crippen MR) is 95.5 cm³/mol. The monoisotopic (exact) mass is 327 g/mol. The fourth-order valence-electron chi connectivity index (χ4n) is 4.52. The fraction of sp³-hybridized carbons (Fsp3) is 0.619. The van der Waals surface area contributed by atoms with Gasteiger partial charge in [-0.2, -0.15) is 0 Å². The highest BCUT2D eigenvalue weighted by Gasteiger charge is 2.39. The van der Waals surface area contributed by atoms with Crippen molar-refractivity contribution >= 4 is 11.7 Å². The number of hydrogen-bond acceptors (Lipinski definition) is 2. The van der Waals surface area contributed by atoms with Crippen molar-refractivity contribution in [1.29, 1.82) is 0 Å². The summed E-state index contributed by atoms with van der Waals surface area (Å²) in [7, 11) is 0. The Morgan fingerprint density at radius 2 is 1.79 bits per heavy atom. The molecule has 0 aromatic heterocycles. The zero-order valence-electron chi connectivity index (χ0n) is 14.9. The Morgan fingerprint density at radius 3 is 2.42 bits per heavy atom. The second kappa shape index (κ2) is 7.50. The molecule has 1 aromatic carbocycles. The third kappa shape index (κ3) is 3.55. The van der Waals surface area contributed by atoms with Gasteiger partial charge in [-0.1, -0.05) is 50.1 Å². The van der Waals surface area contributed by atoms with Crippen LogP contribution in [-0.2, 0) is 9.59 Å². The molecule has 3 rings (SSSR count). The van der Waals surface area contributed by atoms with Gasteiger partial charge in [0.05, 0.1) is 6.04 Å². The molecule has 0 spiro atoms. The molecular formula is C21H29NO2. The summed E-state index contributed by atoms with van der Waals surface area (Å²) in [6, 6.07) is 10.8. The average molecular weight is 327 g/mol. The quantitative estimate of drug-likeness (QED) is 0.815. The molecule has 2 aliphatic rings. The largest absolute Gasteiger partial charge is 0.333 e. The lowest BCUT2D eigenvalue weighted by molar-refractivity contribution is -0.144. The molecule has 0 radical (unpaired) electrons. The normalized spacial score (nSPS) is 26.3. The number of amides is 1. The van der Waals surface area contributed by atoms with Gasteiger partial charge in [0.25, 0.3) is 0 Å². The molecule has 130 valence electrons. The lowest BCUT2D eigenvalue weighted by Gasteiger charge is -2.40. The zero-order valence-corrected chi connectivity index (χ0v) is 14.9. The van der Waals surface area contributed by atoms with Gasteiger partial charge >= 0.3 is 0 Å². The molecule has 2 saturated carbocycles. The van der Waals surface area contributed by atoms with Crippen molar-refractivity contribution in [3.8, 4) is 0 Å². The van der Waals surface area contributed by atoms with E-state index in [4.69, 9.17) is 0 Å². The number of rotatable bonds is 4. The van der Waals surface area contributed by atoms with Gasteiger partial charge in [0.2, 0.25) is 5.91 Å². The van der Waals surface area contributed by atoms with Crippen LogP contribution in [0.5, 0.6) is 0 Å². The minimum atomic E-state index is 0.00876. The summed E-state index contributed by atoms with van der Waals surface area (Å²) in [5.74, 6) is 0.772. The van der Waals surface area contributed by atoms with Crippen molar-refractivity contribution in [2.75, 3.05) is 0 Å². The summed E-state index contributed by atoms with van der Waals surface area (Å²) >= 11 is 0. The van der Waals surface area contributed by atoms with Crippen LogP contribution in [-0.4, -0.2) is 22.6 Å². The molecule has 0 saturated heterocycles. The Labute approximate surface area is 145 Å². The molecule has 3 heteroatoms. The molecule has 0 unspecified atom stereocenters. The van der Waals surface area contributed by atoms with Crippen LogP contribution in [0.15, 0.2) is 30.3 Å². The van der Waals surface area contributed by atoms with Gasteiger partial charge in [0.15, 0.2) is 0 Å². The van der Waals surface area contributed by atoms with Crippen molar-refractivity contribution in [3.63, 3.8) is 0 Å². The van der Waals surface area contributed by atoms with Crippen molar-refractivity contribution in [3.05, 3.63) is 35.9 Å². The number of benzene rings is 1. The molecule has 0 heterocycles. The van der Waals surface area contributed by atoms with Crippen LogP contribution in [0.2, 0.25) is 0 Å². The first kappa shape index (κ1) is 17.2. The van der Waals surface area contributed by atoms with E-state index in [2.05, 4.69) is 30.9 Å². The Kier molecular flexibility index (Phi) is 5.37. The van der Waals surface area contributed by atoms with Gasteiger partial charge in [-0.05, 0) is 37.7 Å². The maximum Gasteiger partial charge on any atom is 0.226 e. The van der Waals surface area contributed by atoms with Crippen LogP contribution in [0, 0.1) is 11.8 Å². The first-order valence-electron chi connectivity index (χ1n) is 9.46. The van der Waals surface area contributed by atoms with Crippen LogP contribution in [0.4, 0.5) is 0 Å². The molecule has 0 bridgehead atoms. The summed E-state index contributed by atoms with van der Waals surface area (Å²) in [5.41, 5.74) is 1.21. The van der Waals surface area contributed by atoms with E-state index in [0.717, 1.165) is 19.3 Å². The van der Waals surface area contributed by atoms with Crippen LogP contribution in [0.3, 0.4) is 0 Å². The number of ketones is 1. The van der Waals surface area contributed by atoms with E-state index >= 15 is 0 Å². The van der Waals surface area contributed by atoms with Crippen LogP contribution < -0.4 is 0 Å². The Hall–Kier alpha value is -1.64. The highest BCUT2D eigenvalue weighted by molar-refractivity contribution is 5.85. The molecule has 3 nitrogen and oxygen atoms in total. The number of Topliss-reactive ketones (excluding diaryl/α,β-unsaturated/α-hetero) is 1. The summed E-state index contributed by atoms with van der Waals surface area (Å²) in [4.78, 5) is 27.3. The predicted octanol–water partition coefficient (Wildman–Crippen LogP) is 4.52. The molecule has 0 aliphatic heterocycles. The molecule has 0 N–H and O–H groups in total. The maximum atomic E-state index is 13.4. The standard InChI is InChI=1S/C21H29NO2/c1-15-14-19(23)12-13-20(15)21(24)22(18-10-6-7-11-18)16(2)17-8-4-3-5-9-17/h3-5,8-9,15-16,18,20H,6-7,10-14H2,1-2H3/t15-,16+,20-/m1/s1. The Balaban J connectivity index is 1.84. The minimum Gasteiger partial charge on any atom is -0.333 e. The van der Waals surface area contributed by atoms with Crippen molar-refractivity contribution < 1.29 is 9.59 Å². The average Bonchev–Trinajstić information content (AvgIpc) is 3.09. The van der Waals surface area contributed by atoms with E-state index in [1.807, 2.05) is 18.2 Å². The van der Waals surface area contributed by atoms with E-state index in [-0.39, 0.29) is 23.8 Å². The topological polar surface area (TPSA) is 37.4 Å². The molecule has 1 amide bonds. The van der Waals surface area contributed by atoms with Gasteiger partial charge in [-0.25, -0.2) is 0 Å². The van der Waals surface area contributed by atoms with Crippen molar-refractivity contribution in [1.82, 2.24) is 4.90 Å². The van der Waals surface area contributed by atoms with Crippen LogP contribution >= 0.6 is 0 Å². The smallest absolute Gasteiger partial charge is 0.226 e. The van der Waals surface area contributed by atoms with Crippen LogP contribution in [0.25, 0.3) is 0 Å². The van der Waals surface area contributed by atoms with Gasteiger partial charge in [-0.3, -0.25) is 9.59 Å². The number of nitrogens with zero attached hydrogens (tertiary/aromatic N) is 1. The SMILES string of the molecule is C[C@@H]1CC(=O)CC[C@H]1C(=O)N(C1CCCC1)[C@@H](C)c1ccccc1. The maximum absolute atomic E-state index is 13.4. The molecule has 24 heavy (non-hydrogen) atoms. The zero-order chi connectivity index (χ0) is 17.1. The molecular weight excluding hydrogens is 298 g/mol. The number of hydrogen-bond donors (Lipinski definition) is 0. The summed E-state index contributed by atoms with van der Waals surface area (Å²) < 4.78 is 0. The van der Waals surface area contributed by atoms with E-state index < -0.39 is 0 Å². The fourth-order valence-corrected chi connectivity index (χ4v) is 4.52. The molecule has 1 aromatic rings. The molecule has 2 aliphatic carbocycles. The second-order valence-electron chi connectivity index (χ2n) is 7.64. The summed E-state index contributed by atoms with van der Waals surface area (Å²) in [5, 5.41) is 0. The Bertz CT molecular complexity index is 577. The lowest BCUT2D eigenvalue weighted by Crippen LogP contribution is -2.46. The molecule has 3 atom stereocenters. The van der Waals surface area contributed by atoms with Crippen molar-refractivity contribution in [2.45, 2.75) is 70.9 Å². The van der Waals surface area contributed by atoms with Crippen molar-refractivity contribution in [2.24, 2.45) is 11.8 Å². The van der Waals surface area contributed by atoms with Gasteiger partial charge in [0, 0.05) is 24.8 Å². The Morgan fingerprint density at radius 1 is 1.12 bits per heavy atom. The van der Waals surface area contributed by atoms with Crippen LogP contribution in [0.1, 0.15) is 70.4 Å². The second-order valence-corrected chi connectivity index (χ2v) is 7.64. The van der Waals surface area contributed by atoms with Gasteiger partial charge < -0.3 is 4.90 Å². The highest BCUT2D eigenvalue weighted by Crippen LogP contribution is 2.36. The lowest BCUT2D eigenvalue weighted by atomic mass is 9.78. The minimum absolute atomic E-state index is 0.00876. The third-order valence-corrected chi connectivity index (χ3v) is 5.96. The van der Waals surface area contributed by atoms with E-state index in [9.17, 15) is 9.59 Å². The number of carbonyl (C=O) groups excluding carboxylic acids is 2. The number of carbonyl (C=O) groups is 2. The summed E-state index contributed by atoms with van der Waals surface area (Å²) in [6.45, 7) is 4.23. The third-order valence-electron chi connectivity index (χ3n) is 5.96. The molecule has 2 fully saturated rings. The van der Waals surface area contributed by atoms with E-state index in [0.29, 0.717) is 24.7 Å².